The average molecular weight is 555 g/mol. The van der Waals surface area contributed by atoms with Crippen molar-refractivity contribution in [3.05, 3.63) is 53.9 Å². The van der Waals surface area contributed by atoms with Gasteiger partial charge in [0, 0.05) is 19.7 Å². The molecule has 216 valence electrons. The van der Waals surface area contributed by atoms with Crippen LogP contribution in [0.15, 0.2) is 42.7 Å². The van der Waals surface area contributed by atoms with Crippen LogP contribution in [0.4, 0.5) is 5.95 Å². The van der Waals surface area contributed by atoms with Gasteiger partial charge in [-0.2, -0.15) is 9.97 Å². The molecule has 0 spiro atoms. The maximum atomic E-state index is 9.99. The molecule has 0 amide bonds. The fraction of sp³-hybridized carbons (Fsp3) is 0.545. The Balaban J connectivity index is 1.28. The number of anilines is 1. The van der Waals surface area contributed by atoms with E-state index >= 15 is 0 Å². The molecule has 5 heterocycles. The molecule has 0 aliphatic carbocycles. The minimum Gasteiger partial charge on any atom is -0.474 e. The molecule has 7 rings (SSSR count). The van der Waals surface area contributed by atoms with E-state index in [0.717, 1.165) is 49.9 Å². The van der Waals surface area contributed by atoms with E-state index in [-0.39, 0.29) is 18.1 Å². The summed E-state index contributed by atoms with van der Waals surface area (Å²) in [5, 5.41) is 12.6. The fourth-order valence-corrected chi connectivity index (χ4v) is 7.60. The quantitative estimate of drug-likeness (QED) is 0.321. The Hall–Kier alpha value is -3.23. The number of ether oxygens (including phenoxy) is 1. The number of benzene rings is 2. The van der Waals surface area contributed by atoms with Gasteiger partial charge in [-0.05, 0) is 85.9 Å². The molecule has 8 nitrogen and oxygen atoms in total. The zero-order valence-electron chi connectivity index (χ0n) is 24.3. The van der Waals surface area contributed by atoms with Crippen molar-refractivity contribution in [1.29, 1.82) is 0 Å². The molecule has 1 atom stereocenters. The first-order valence-electron chi connectivity index (χ1n) is 15.6. The number of aryl methyl sites for hydroxylation is 1. The smallest absolute Gasteiger partial charge is 0.247 e. The minimum absolute atomic E-state index is 0.129. The standard InChI is InChI=1S/C33H42N6O2/c1-2-25-10-5-11-26-12-6-13-27(28(25)26)20-38-23-34-29-30(38)35-32(37-16-4-3-9-24(19-37)21-40)36-31(29)41-22-33-14-7-17-39(33)18-8-15-33/h5-6,10-13,23-24,40H,2-4,7-9,14-22H2,1H3. The first-order valence-corrected chi connectivity index (χ1v) is 15.6. The van der Waals surface area contributed by atoms with Gasteiger partial charge in [0.05, 0.1) is 18.4 Å². The van der Waals surface area contributed by atoms with Gasteiger partial charge >= 0.3 is 0 Å². The summed E-state index contributed by atoms with van der Waals surface area (Å²) in [6, 6.07) is 13.1. The summed E-state index contributed by atoms with van der Waals surface area (Å²) >= 11 is 0. The molecule has 2 aromatic heterocycles. The first-order chi connectivity index (χ1) is 20.2. The van der Waals surface area contributed by atoms with Gasteiger partial charge in [-0.25, -0.2) is 4.98 Å². The molecule has 0 radical (unpaired) electrons. The van der Waals surface area contributed by atoms with Crippen molar-refractivity contribution < 1.29 is 9.84 Å². The summed E-state index contributed by atoms with van der Waals surface area (Å²) in [4.78, 5) is 19.9. The zero-order valence-corrected chi connectivity index (χ0v) is 24.3. The van der Waals surface area contributed by atoms with Crippen LogP contribution in [0.1, 0.15) is 63.0 Å². The minimum atomic E-state index is 0.129. The van der Waals surface area contributed by atoms with Gasteiger partial charge in [-0.3, -0.25) is 4.90 Å². The molecule has 1 N–H and O–H groups in total. The summed E-state index contributed by atoms with van der Waals surface area (Å²) < 4.78 is 8.81. The van der Waals surface area contributed by atoms with E-state index in [1.54, 1.807) is 0 Å². The predicted molar refractivity (Wildman–Crippen MR) is 163 cm³/mol. The lowest BCUT2D eigenvalue weighted by molar-refractivity contribution is 0.111. The van der Waals surface area contributed by atoms with Crippen molar-refractivity contribution in [1.82, 2.24) is 24.4 Å². The topological polar surface area (TPSA) is 79.5 Å². The third kappa shape index (κ3) is 4.95. The molecule has 3 aliphatic rings. The Kier molecular flexibility index (Phi) is 7.29. The number of hydrogen-bond acceptors (Lipinski definition) is 7. The highest BCUT2D eigenvalue weighted by molar-refractivity contribution is 5.89. The lowest BCUT2D eigenvalue weighted by Gasteiger charge is -2.31. The first kappa shape index (κ1) is 26.7. The fourth-order valence-electron chi connectivity index (χ4n) is 7.60. The Bertz CT molecular complexity index is 1520. The Morgan fingerprint density at radius 3 is 2.56 bits per heavy atom. The molecular weight excluding hydrogens is 512 g/mol. The maximum absolute atomic E-state index is 9.99. The summed E-state index contributed by atoms with van der Waals surface area (Å²) in [5.74, 6) is 1.52. The predicted octanol–water partition coefficient (Wildman–Crippen LogP) is 5.20. The summed E-state index contributed by atoms with van der Waals surface area (Å²) in [6.45, 7) is 7.72. The average Bonchev–Trinajstić information content (AvgIpc) is 3.65. The van der Waals surface area contributed by atoms with Crippen LogP contribution in [0.3, 0.4) is 0 Å². The highest BCUT2D eigenvalue weighted by Gasteiger charge is 2.45. The van der Waals surface area contributed by atoms with Crippen molar-refractivity contribution >= 4 is 27.9 Å². The van der Waals surface area contributed by atoms with Gasteiger partial charge in [0.1, 0.15) is 6.61 Å². The largest absolute Gasteiger partial charge is 0.474 e. The van der Waals surface area contributed by atoms with Crippen LogP contribution in [0.5, 0.6) is 5.88 Å². The molecule has 4 aromatic rings. The van der Waals surface area contributed by atoms with Crippen molar-refractivity contribution in [3.8, 4) is 5.88 Å². The van der Waals surface area contributed by atoms with Crippen LogP contribution < -0.4 is 9.64 Å². The van der Waals surface area contributed by atoms with Crippen molar-refractivity contribution in [2.45, 2.75) is 70.4 Å². The van der Waals surface area contributed by atoms with Crippen LogP contribution in [-0.2, 0) is 13.0 Å². The second-order valence-electron chi connectivity index (χ2n) is 12.4. The second-order valence-corrected chi connectivity index (χ2v) is 12.4. The lowest BCUT2D eigenvalue weighted by Crippen LogP contribution is -2.43. The summed E-state index contributed by atoms with van der Waals surface area (Å²) in [6.07, 6.45) is 11.0. The van der Waals surface area contributed by atoms with Crippen molar-refractivity contribution in [2.75, 3.05) is 44.3 Å². The molecule has 2 aromatic carbocycles. The third-order valence-electron chi connectivity index (χ3n) is 9.82. The SMILES string of the molecule is CCc1cccc2cccc(Cn3cnc4c(OCC56CCCN5CCC6)nc(N5CCCCC(CO)C5)nc43)c12. The Morgan fingerprint density at radius 2 is 1.78 bits per heavy atom. The second kappa shape index (κ2) is 11.2. The van der Waals surface area contributed by atoms with Gasteiger partial charge in [0.2, 0.25) is 11.8 Å². The van der Waals surface area contributed by atoms with E-state index in [4.69, 9.17) is 19.7 Å². The molecule has 1 unspecified atom stereocenters. The van der Waals surface area contributed by atoms with E-state index < -0.39 is 0 Å². The molecule has 3 aliphatic heterocycles. The third-order valence-corrected chi connectivity index (χ3v) is 9.82. The van der Waals surface area contributed by atoms with E-state index in [1.807, 2.05) is 6.33 Å². The molecule has 0 bridgehead atoms. The number of aromatic nitrogens is 4. The van der Waals surface area contributed by atoms with Crippen molar-refractivity contribution in [2.24, 2.45) is 5.92 Å². The lowest BCUT2D eigenvalue weighted by atomic mass is 9.95. The number of imidazole rings is 1. The Morgan fingerprint density at radius 1 is 0.976 bits per heavy atom. The molecule has 3 saturated heterocycles. The van der Waals surface area contributed by atoms with Gasteiger partial charge < -0.3 is 19.3 Å². The molecule has 3 fully saturated rings. The monoisotopic (exact) mass is 554 g/mol. The van der Waals surface area contributed by atoms with Crippen LogP contribution in [0.25, 0.3) is 21.9 Å². The van der Waals surface area contributed by atoms with E-state index in [0.29, 0.717) is 25.0 Å². The van der Waals surface area contributed by atoms with E-state index in [2.05, 4.69) is 57.7 Å². The zero-order chi connectivity index (χ0) is 27.8. The maximum Gasteiger partial charge on any atom is 0.247 e. The summed E-state index contributed by atoms with van der Waals surface area (Å²) in [5.41, 5.74) is 4.30. The van der Waals surface area contributed by atoms with Gasteiger partial charge in [-0.1, -0.05) is 49.7 Å². The van der Waals surface area contributed by atoms with Gasteiger partial charge in [0.25, 0.3) is 0 Å². The molecular formula is C33H42N6O2. The highest BCUT2D eigenvalue weighted by Crippen LogP contribution is 2.39. The summed E-state index contributed by atoms with van der Waals surface area (Å²) in [7, 11) is 0. The van der Waals surface area contributed by atoms with Crippen molar-refractivity contribution in [3.63, 3.8) is 0 Å². The van der Waals surface area contributed by atoms with E-state index in [1.165, 1.54) is 60.7 Å². The van der Waals surface area contributed by atoms with Crippen LogP contribution in [-0.4, -0.2) is 74.5 Å². The number of aliphatic hydroxyl groups excluding tert-OH is 1. The van der Waals surface area contributed by atoms with Crippen LogP contribution in [0.2, 0.25) is 0 Å². The number of hydrogen-bond donors (Lipinski definition) is 1. The van der Waals surface area contributed by atoms with Gasteiger partial charge in [-0.15, -0.1) is 0 Å². The molecule has 41 heavy (non-hydrogen) atoms. The number of fused-ring (bicyclic) bond motifs is 3. The molecule has 8 heteroatoms. The number of rotatable bonds is 8. The van der Waals surface area contributed by atoms with E-state index in [9.17, 15) is 5.11 Å². The van der Waals surface area contributed by atoms with Gasteiger partial charge in [0.15, 0.2) is 11.2 Å². The molecule has 0 saturated carbocycles. The number of aliphatic hydroxyl groups is 1. The Labute approximate surface area is 242 Å². The normalized spacial score (nSPS) is 21.0. The van der Waals surface area contributed by atoms with Crippen LogP contribution >= 0.6 is 0 Å². The van der Waals surface area contributed by atoms with Crippen LogP contribution in [0, 0.1) is 5.92 Å². The highest BCUT2D eigenvalue weighted by atomic mass is 16.5. The number of nitrogens with zero attached hydrogens (tertiary/aromatic N) is 6.